The Bertz CT molecular complexity index is 5140. The van der Waals surface area contributed by atoms with Gasteiger partial charge in [-0.15, -0.1) is 0 Å². The van der Waals surface area contributed by atoms with Gasteiger partial charge < -0.3 is 38.8 Å². The first-order chi connectivity index (χ1) is 51.1. The molecular formula is C80H80N16O9. The van der Waals surface area contributed by atoms with Gasteiger partial charge in [-0.3, -0.25) is 73.7 Å². The number of hydrogen-bond donors (Lipinski definition) is 3. The number of nitrogens with zero attached hydrogens (tertiary/aromatic N) is 13. The minimum atomic E-state index is -0.957. The summed E-state index contributed by atoms with van der Waals surface area (Å²) in [7, 11) is 4.20. The fourth-order valence-electron chi connectivity index (χ4n) is 16.4. The quantitative estimate of drug-likeness (QED) is 0.0819. The predicted octanol–water partition coefficient (Wildman–Crippen LogP) is 7.93. The molecule has 0 bridgehead atoms. The van der Waals surface area contributed by atoms with Crippen LogP contribution in [0.5, 0.6) is 0 Å². The van der Waals surface area contributed by atoms with E-state index in [2.05, 4.69) is 146 Å². The molecular weight excluding hydrogens is 1330 g/mol. The number of fused-ring (bicyclic) bond motifs is 8. The molecule has 18 rings (SSSR count). The molecule has 8 aliphatic rings. The van der Waals surface area contributed by atoms with Gasteiger partial charge in [0.2, 0.25) is 23.6 Å². The van der Waals surface area contributed by atoms with E-state index in [-0.39, 0.29) is 43.4 Å². The second-order valence-corrected chi connectivity index (χ2v) is 28.4. The third kappa shape index (κ3) is 13.1. The summed E-state index contributed by atoms with van der Waals surface area (Å²) < 4.78 is 4.44. The van der Waals surface area contributed by atoms with Gasteiger partial charge in [0.25, 0.3) is 23.6 Å². The topological polar surface area (TPSA) is 274 Å². The number of piperidine rings is 4. The Hall–Kier alpha value is -11.6. The first-order valence-electron chi connectivity index (χ1n) is 36.3. The summed E-state index contributed by atoms with van der Waals surface area (Å²) >= 11 is 0. The molecule has 0 saturated carbocycles. The molecule has 6 saturated heterocycles. The SMILES string of the molecule is Cn1c2ccncc2c2ccc(-c3ccc(N4CCC(C=O)CC4)nc3)cc21.Cn1c2ccncc2c2ccc(-c3ccc(N4CCC(CN5CCN(c6ccc7c(c6)C(=O)N(C6CCC(=O)NC6=O)C7=O)CC5)CC4)nc3)cc21.O=C1CCC(N2C(=O)c3ccc(N4CCNCC4)cc3C2=O)C(=O)N1. The van der Waals surface area contributed by atoms with Crippen molar-refractivity contribution < 1.29 is 43.2 Å². The summed E-state index contributed by atoms with van der Waals surface area (Å²) in [6, 6.07) is 34.5. The molecule has 8 amide bonds. The largest absolute Gasteiger partial charge is 0.369 e. The van der Waals surface area contributed by atoms with Crippen molar-refractivity contribution in [2.75, 3.05) is 105 Å². The molecule has 2 atom stereocenters. The molecule has 0 aliphatic carbocycles. The summed E-state index contributed by atoms with van der Waals surface area (Å²) in [6.07, 6.45) is 17.2. The number of pyridine rings is 4. The van der Waals surface area contributed by atoms with E-state index in [9.17, 15) is 43.2 Å². The van der Waals surface area contributed by atoms with Gasteiger partial charge >= 0.3 is 0 Å². The fourth-order valence-corrected chi connectivity index (χ4v) is 16.4. The van der Waals surface area contributed by atoms with Crippen molar-refractivity contribution in [3.8, 4) is 22.3 Å². The predicted molar refractivity (Wildman–Crippen MR) is 399 cm³/mol. The van der Waals surface area contributed by atoms with Crippen molar-refractivity contribution in [2.24, 2.45) is 25.9 Å². The van der Waals surface area contributed by atoms with E-state index < -0.39 is 47.5 Å². The molecule has 534 valence electrons. The Kier molecular flexibility index (Phi) is 18.5. The maximum Gasteiger partial charge on any atom is 0.262 e. The molecule has 25 nitrogen and oxygen atoms in total. The van der Waals surface area contributed by atoms with Crippen molar-refractivity contribution >= 4 is 120 Å². The smallest absolute Gasteiger partial charge is 0.262 e. The lowest BCUT2D eigenvalue weighted by atomic mass is 9.95. The first kappa shape index (κ1) is 67.9. The molecule has 8 aliphatic heterocycles. The van der Waals surface area contributed by atoms with Crippen LogP contribution in [-0.4, -0.2) is 194 Å². The minimum absolute atomic E-state index is 0.105. The number of aryl methyl sites for hydroxylation is 2. The number of rotatable bonds is 11. The second kappa shape index (κ2) is 28.6. The van der Waals surface area contributed by atoms with E-state index in [0.717, 1.165) is 172 Å². The molecule has 6 aromatic heterocycles. The zero-order valence-corrected chi connectivity index (χ0v) is 58.6. The molecule has 25 heteroatoms. The third-order valence-electron chi connectivity index (χ3n) is 22.4. The van der Waals surface area contributed by atoms with Crippen LogP contribution in [0.25, 0.3) is 65.9 Å². The van der Waals surface area contributed by atoms with E-state index in [1.807, 2.05) is 49.3 Å². The van der Waals surface area contributed by atoms with Crippen molar-refractivity contribution in [1.29, 1.82) is 0 Å². The molecule has 4 aromatic carbocycles. The van der Waals surface area contributed by atoms with Crippen molar-refractivity contribution in [2.45, 2.75) is 63.5 Å². The maximum absolute atomic E-state index is 13.3. The summed E-state index contributed by atoms with van der Waals surface area (Å²) in [5, 5.41) is 12.5. The lowest BCUT2D eigenvalue weighted by Crippen LogP contribution is -2.54. The van der Waals surface area contributed by atoms with Gasteiger partial charge in [0, 0.05) is 210 Å². The van der Waals surface area contributed by atoms with Gasteiger partial charge in [0.05, 0.1) is 33.3 Å². The van der Waals surface area contributed by atoms with Gasteiger partial charge in [-0.25, -0.2) is 9.97 Å². The average molecular weight is 1410 g/mol. The lowest BCUT2D eigenvalue weighted by molar-refractivity contribution is -0.137. The second-order valence-electron chi connectivity index (χ2n) is 28.4. The van der Waals surface area contributed by atoms with Crippen LogP contribution < -0.4 is 35.6 Å². The van der Waals surface area contributed by atoms with Crippen molar-refractivity contribution in [3.05, 3.63) is 169 Å². The summed E-state index contributed by atoms with van der Waals surface area (Å²) in [5.41, 5.74) is 12.4. The average Bonchev–Trinajstić information content (AvgIpc) is 1.64. The van der Waals surface area contributed by atoms with Gasteiger partial charge in [-0.1, -0.05) is 24.3 Å². The van der Waals surface area contributed by atoms with Gasteiger partial charge in [-0.2, -0.15) is 0 Å². The number of imide groups is 4. The third-order valence-corrected chi connectivity index (χ3v) is 22.4. The Morgan fingerprint density at radius 1 is 0.419 bits per heavy atom. The number of aromatic nitrogens is 6. The number of benzene rings is 4. The number of anilines is 4. The molecule has 105 heavy (non-hydrogen) atoms. The van der Waals surface area contributed by atoms with Crippen LogP contribution in [-0.2, 0) is 38.1 Å². The Morgan fingerprint density at radius 2 is 0.867 bits per heavy atom. The highest BCUT2D eigenvalue weighted by Gasteiger charge is 2.47. The number of carbonyl (C=O) groups is 9. The Morgan fingerprint density at radius 3 is 1.31 bits per heavy atom. The summed E-state index contributed by atoms with van der Waals surface area (Å²) in [6.45, 7) is 11.8. The van der Waals surface area contributed by atoms with Crippen LogP contribution in [0.15, 0.2) is 146 Å². The molecule has 6 fully saturated rings. The molecule has 0 spiro atoms. The van der Waals surface area contributed by atoms with E-state index in [4.69, 9.17) is 9.97 Å². The monoisotopic (exact) mass is 1410 g/mol. The molecule has 10 aromatic rings. The number of piperazine rings is 2. The van der Waals surface area contributed by atoms with Crippen LogP contribution >= 0.6 is 0 Å². The standard InChI is InChI=1S/C40H40N8O4.C23H22N4O.C17H18N4O4/c1-44-33-10-13-41-23-32(33)29-5-2-26(20-35(29)44)27-3-8-36(42-22-27)47-14-11-25(12-15-47)24-45-16-18-46(19-17-45)28-4-6-30-31(21-28)40(52)48(39(30)51)34-7-9-37(49)43-38(34)50;1-26-21-6-9-24-14-20(21)19-4-2-17(12-22(19)26)18-3-5-23(25-13-18)27-10-7-16(15-28)8-11-27;22-14-4-3-13(15(23)19-14)21-16(24)11-2-1-10(9-12(11)17(21)25)20-7-5-18-6-8-20/h2-6,8,10,13,20-23,25,34H,7,9,11-12,14-19,24H2,1H3,(H,43,49,50);2-6,9,12-16H,7-8,10-11H2,1H3;1-2,9,13,18H,3-8H2,(H,19,22,23). The van der Waals surface area contributed by atoms with Gasteiger partial charge in [0.1, 0.15) is 30.0 Å². The fraction of sp³-hybridized carbons (Fsp3) is 0.338. The zero-order chi connectivity index (χ0) is 72.1. The molecule has 0 radical (unpaired) electrons. The van der Waals surface area contributed by atoms with Crippen LogP contribution in [0.4, 0.5) is 23.0 Å². The van der Waals surface area contributed by atoms with E-state index in [0.29, 0.717) is 28.2 Å². The van der Waals surface area contributed by atoms with Crippen LogP contribution in [0.2, 0.25) is 0 Å². The zero-order valence-electron chi connectivity index (χ0n) is 58.6. The van der Waals surface area contributed by atoms with E-state index >= 15 is 0 Å². The maximum atomic E-state index is 13.3. The Labute approximate surface area is 605 Å². The highest BCUT2D eigenvalue weighted by molar-refractivity contribution is 6.25. The minimum Gasteiger partial charge on any atom is -0.369 e. The first-order valence-corrected chi connectivity index (χ1v) is 36.3. The molecule has 3 N–H and O–H groups in total. The number of amides is 8. The summed E-state index contributed by atoms with van der Waals surface area (Å²) in [4.78, 5) is 142. The Balaban J connectivity index is 0.000000134. The van der Waals surface area contributed by atoms with Gasteiger partial charge in [0.15, 0.2) is 0 Å². The van der Waals surface area contributed by atoms with Crippen molar-refractivity contribution in [1.82, 2.24) is 59.7 Å². The number of aldehydes is 1. The highest BCUT2D eigenvalue weighted by Crippen LogP contribution is 2.37. The lowest BCUT2D eigenvalue weighted by Gasteiger charge is -2.40. The molecule has 2 unspecified atom stereocenters. The van der Waals surface area contributed by atoms with Crippen LogP contribution in [0, 0.1) is 11.8 Å². The van der Waals surface area contributed by atoms with Gasteiger partial charge in [-0.05, 0) is 140 Å². The molecule has 14 heterocycles. The van der Waals surface area contributed by atoms with E-state index in [1.54, 1.807) is 24.3 Å². The number of carbonyl (C=O) groups excluding carboxylic acids is 9. The van der Waals surface area contributed by atoms with Crippen LogP contribution in [0.3, 0.4) is 0 Å². The van der Waals surface area contributed by atoms with E-state index in [1.165, 1.54) is 43.6 Å². The summed E-state index contributed by atoms with van der Waals surface area (Å²) in [5.74, 6) is -0.961. The number of hydrogen-bond acceptors (Lipinski definition) is 19. The normalized spacial score (nSPS) is 19.8. The highest BCUT2D eigenvalue weighted by atomic mass is 16.2. The van der Waals surface area contributed by atoms with Crippen molar-refractivity contribution in [3.63, 3.8) is 0 Å². The number of nitrogens with one attached hydrogen (secondary N) is 3. The van der Waals surface area contributed by atoms with Crippen LogP contribution in [0.1, 0.15) is 92.8 Å².